The molecule has 34 heavy (non-hydrogen) atoms. The summed E-state index contributed by atoms with van der Waals surface area (Å²) >= 11 is 0. The van der Waals surface area contributed by atoms with Gasteiger partial charge in [0.15, 0.2) is 0 Å². The number of hydrogen-bond donors (Lipinski definition) is 1. The highest BCUT2D eigenvalue weighted by atomic mass is 31.2. The summed E-state index contributed by atoms with van der Waals surface area (Å²) in [4.78, 5) is 10.8. The first-order chi connectivity index (χ1) is 16.6. The Kier molecular flexibility index (Phi) is 6.05. The molecule has 0 fully saturated rings. The van der Waals surface area contributed by atoms with Crippen LogP contribution in [-0.4, -0.2) is 4.89 Å². The third kappa shape index (κ3) is 4.96. The largest absolute Gasteiger partial charge is 0.584 e. The van der Waals surface area contributed by atoms with Crippen LogP contribution in [0.1, 0.15) is 22.3 Å². The fourth-order valence-electron chi connectivity index (χ4n) is 3.60. The SMILES string of the molecule is O=P(O)(OC(=Cc1ccccc1)c1ccccc1)OC1=Cc2ccccc2Oc2ccccc21. The van der Waals surface area contributed by atoms with Gasteiger partial charge in [-0.2, -0.15) is 0 Å². The molecular formula is C28H21O5P. The van der Waals surface area contributed by atoms with Gasteiger partial charge in [-0.15, -0.1) is 0 Å². The standard InChI is InChI=1S/C28H21O5P/c29-34(30,32-27(22-13-5-2-6-14-22)19-21-11-3-1-4-12-21)33-28-20-23-15-7-9-17-25(23)31-26-18-10-8-16-24(26)28/h1-20H,(H,29,30). The Morgan fingerprint density at radius 1 is 0.765 bits per heavy atom. The highest BCUT2D eigenvalue weighted by Crippen LogP contribution is 2.53. The predicted molar refractivity (Wildman–Crippen MR) is 134 cm³/mol. The van der Waals surface area contributed by atoms with Crippen molar-refractivity contribution in [3.63, 3.8) is 0 Å². The van der Waals surface area contributed by atoms with Crippen LogP contribution in [0.15, 0.2) is 109 Å². The lowest BCUT2D eigenvalue weighted by molar-refractivity contribution is 0.264. The topological polar surface area (TPSA) is 65.0 Å². The van der Waals surface area contributed by atoms with Crippen LogP contribution in [0.25, 0.3) is 23.7 Å². The Labute approximate surface area is 197 Å². The van der Waals surface area contributed by atoms with Gasteiger partial charge < -0.3 is 13.8 Å². The summed E-state index contributed by atoms with van der Waals surface area (Å²) in [5, 5.41) is 0. The molecule has 0 saturated carbocycles. The van der Waals surface area contributed by atoms with E-state index in [0.29, 0.717) is 22.6 Å². The average Bonchev–Trinajstić information content (AvgIpc) is 3.01. The van der Waals surface area contributed by atoms with Gasteiger partial charge >= 0.3 is 7.82 Å². The van der Waals surface area contributed by atoms with Crippen molar-refractivity contribution in [2.45, 2.75) is 0 Å². The summed E-state index contributed by atoms with van der Waals surface area (Å²) in [6.45, 7) is 0. The zero-order valence-electron chi connectivity index (χ0n) is 18.1. The molecule has 0 saturated heterocycles. The monoisotopic (exact) mass is 468 g/mol. The Bertz CT molecular complexity index is 1410. The van der Waals surface area contributed by atoms with E-state index >= 15 is 0 Å². The van der Waals surface area contributed by atoms with E-state index in [1.54, 1.807) is 36.4 Å². The van der Waals surface area contributed by atoms with Gasteiger partial charge in [0.25, 0.3) is 0 Å². The molecule has 0 amide bonds. The molecule has 4 aromatic rings. The van der Waals surface area contributed by atoms with Crippen LogP contribution < -0.4 is 4.74 Å². The molecule has 6 heteroatoms. The van der Waals surface area contributed by atoms with Gasteiger partial charge in [-0.05, 0) is 35.9 Å². The van der Waals surface area contributed by atoms with Crippen molar-refractivity contribution in [3.05, 3.63) is 131 Å². The van der Waals surface area contributed by atoms with Crippen molar-refractivity contribution in [3.8, 4) is 11.5 Å². The van der Waals surface area contributed by atoms with Crippen LogP contribution >= 0.6 is 7.82 Å². The molecule has 1 aliphatic rings. The Morgan fingerprint density at radius 2 is 1.38 bits per heavy atom. The van der Waals surface area contributed by atoms with Gasteiger partial charge in [-0.1, -0.05) is 91.0 Å². The number of hydrogen-bond acceptors (Lipinski definition) is 4. The first-order valence-corrected chi connectivity index (χ1v) is 12.2. The second-order valence-electron chi connectivity index (χ2n) is 7.58. The Hall–Kier alpha value is -4.05. The van der Waals surface area contributed by atoms with E-state index in [1.807, 2.05) is 84.9 Å². The molecule has 1 N–H and O–H groups in total. The van der Waals surface area contributed by atoms with Crippen molar-refractivity contribution in [1.29, 1.82) is 0 Å². The van der Waals surface area contributed by atoms with E-state index in [2.05, 4.69) is 0 Å². The maximum atomic E-state index is 13.3. The molecule has 0 radical (unpaired) electrons. The zero-order valence-corrected chi connectivity index (χ0v) is 19.0. The van der Waals surface area contributed by atoms with E-state index in [1.165, 1.54) is 0 Å². The minimum atomic E-state index is -4.60. The molecule has 1 unspecified atom stereocenters. The minimum Gasteiger partial charge on any atom is -0.456 e. The third-order valence-electron chi connectivity index (χ3n) is 5.16. The number of ether oxygens (including phenoxy) is 1. The van der Waals surface area contributed by atoms with Crippen LogP contribution in [0.2, 0.25) is 0 Å². The van der Waals surface area contributed by atoms with E-state index in [9.17, 15) is 9.46 Å². The van der Waals surface area contributed by atoms with E-state index in [-0.39, 0.29) is 11.5 Å². The van der Waals surface area contributed by atoms with Crippen molar-refractivity contribution >= 4 is 31.5 Å². The average molecular weight is 468 g/mol. The van der Waals surface area contributed by atoms with Gasteiger partial charge in [0.05, 0.1) is 5.56 Å². The molecule has 0 spiro atoms. The molecule has 1 heterocycles. The van der Waals surface area contributed by atoms with Crippen LogP contribution in [0.4, 0.5) is 0 Å². The number of phosphoric acid groups is 1. The predicted octanol–water partition coefficient (Wildman–Crippen LogP) is 7.62. The maximum Gasteiger partial charge on any atom is 0.584 e. The van der Waals surface area contributed by atoms with Crippen LogP contribution in [-0.2, 0) is 13.6 Å². The minimum absolute atomic E-state index is 0.179. The fraction of sp³-hybridized carbons (Fsp3) is 0. The number of rotatable bonds is 6. The first kappa shape index (κ1) is 21.8. The summed E-state index contributed by atoms with van der Waals surface area (Å²) in [6.07, 6.45) is 3.38. The second kappa shape index (κ2) is 9.44. The van der Waals surface area contributed by atoms with Gasteiger partial charge in [0, 0.05) is 11.1 Å². The summed E-state index contributed by atoms with van der Waals surface area (Å²) in [6, 6.07) is 33.2. The van der Waals surface area contributed by atoms with Gasteiger partial charge in [0.2, 0.25) is 0 Å². The molecular weight excluding hydrogens is 447 g/mol. The third-order valence-corrected chi connectivity index (χ3v) is 6.02. The van der Waals surface area contributed by atoms with Crippen molar-refractivity contribution in [2.24, 2.45) is 0 Å². The van der Waals surface area contributed by atoms with E-state index in [4.69, 9.17) is 13.8 Å². The van der Waals surface area contributed by atoms with Crippen LogP contribution in [0.5, 0.6) is 11.5 Å². The summed E-state index contributed by atoms with van der Waals surface area (Å²) in [5.41, 5.74) is 2.73. The van der Waals surface area contributed by atoms with Gasteiger partial charge in [-0.3, -0.25) is 4.89 Å². The molecule has 168 valence electrons. The maximum absolute atomic E-state index is 13.3. The highest BCUT2D eigenvalue weighted by molar-refractivity contribution is 7.48. The highest BCUT2D eigenvalue weighted by Gasteiger charge is 2.30. The smallest absolute Gasteiger partial charge is 0.456 e. The van der Waals surface area contributed by atoms with Crippen molar-refractivity contribution < 1.29 is 23.2 Å². The molecule has 1 atom stereocenters. The lowest BCUT2D eigenvalue weighted by Gasteiger charge is -2.18. The molecule has 5 rings (SSSR count). The van der Waals surface area contributed by atoms with Crippen molar-refractivity contribution in [2.75, 3.05) is 0 Å². The van der Waals surface area contributed by atoms with E-state index < -0.39 is 7.82 Å². The van der Waals surface area contributed by atoms with Crippen molar-refractivity contribution in [1.82, 2.24) is 0 Å². The molecule has 0 aliphatic carbocycles. The molecule has 4 aromatic carbocycles. The summed E-state index contributed by atoms with van der Waals surface area (Å²) in [7, 11) is -4.60. The zero-order chi connectivity index (χ0) is 23.4. The number of fused-ring (bicyclic) bond motifs is 2. The fourth-order valence-corrected chi connectivity index (χ4v) is 4.44. The lowest BCUT2D eigenvalue weighted by atomic mass is 10.1. The summed E-state index contributed by atoms with van der Waals surface area (Å²) < 4.78 is 30.6. The van der Waals surface area contributed by atoms with Crippen LogP contribution in [0, 0.1) is 0 Å². The Balaban J connectivity index is 1.51. The molecule has 5 nitrogen and oxygen atoms in total. The number of benzene rings is 4. The second-order valence-corrected chi connectivity index (χ2v) is 8.88. The number of para-hydroxylation sites is 2. The van der Waals surface area contributed by atoms with Gasteiger partial charge in [0.1, 0.15) is 23.0 Å². The summed E-state index contributed by atoms with van der Waals surface area (Å²) in [5.74, 6) is 1.54. The number of phosphoric ester groups is 1. The first-order valence-electron chi connectivity index (χ1n) is 10.7. The molecule has 0 aromatic heterocycles. The van der Waals surface area contributed by atoms with E-state index in [0.717, 1.165) is 11.1 Å². The Morgan fingerprint density at radius 3 is 2.15 bits per heavy atom. The lowest BCUT2D eigenvalue weighted by Crippen LogP contribution is -1.97. The molecule has 0 bridgehead atoms. The molecule has 1 aliphatic heterocycles. The van der Waals surface area contributed by atoms with Gasteiger partial charge in [-0.25, -0.2) is 4.57 Å². The normalized spacial score (nSPS) is 14.4. The quantitative estimate of drug-likeness (QED) is 0.179. The van der Waals surface area contributed by atoms with Crippen LogP contribution in [0.3, 0.4) is 0 Å².